The smallest absolute Gasteiger partial charge is 0.0269 e. The Hall–Kier alpha value is 0. The van der Waals surface area contributed by atoms with Crippen molar-refractivity contribution in [3.63, 3.8) is 0 Å². The first-order valence-electron chi connectivity index (χ1n) is 5.27. The average molecular weight is 152 g/mol. The summed E-state index contributed by atoms with van der Waals surface area (Å²) in [6.45, 7) is 4.92. The minimum absolute atomic E-state index is 0.773. The molecule has 0 nitrogen and oxygen atoms in total. The van der Waals surface area contributed by atoms with Gasteiger partial charge in [0.25, 0.3) is 0 Å². The predicted molar refractivity (Wildman–Crippen MR) is 48.5 cm³/mol. The second kappa shape index (κ2) is 2.50. The topological polar surface area (TPSA) is 0 Å². The average Bonchev–Trinajstić information content (AvgIpc) is 2.77. The number of rotatable bonds is 2. The van der Waals surface area contributed by atoms with Crippen molar-refractivity contribution in [1.29, 1.82) is 0 Å². The molecule has 2 aliphatic rings. The molecule has 0 heterocycles. The highest BCUT2D eigenvalue weighted by atomic mass is 14.5. The fourth-order valence-corrected chi connectivity index (χ4v) is 3.21. The molecule has 0 aromatic heterocycles. The molecule has 11 heavy (non-hydrogen) atoms. The molecule has 0 amide bonds. The zero-order valence-electron chi connectivity index (χ0n) is 7.90. The minimum atomic E-state index is 0.773. The van der Waals surface area contributed by atoms with Crippen LogP contribution in [0.25, 0.3) is 0 Å². The Kier molecular flexibility index (Phi) is 1.74. The molecule has 2 rings (SSSR count). The molecule has 0 aromatic rings. The summed E-state index contributed by atoms with van der Waals surface area (Å²) in [5, 5.41) is 0. The summed E-state index contributed by atoms with van der Waals surface area (Å²) in [7, 11) is 0. The van der Waals surface area contributed by atoms with Gasteiger partial charge in [-0.2, -0.15) is 0 Å². The highest BCUT2D eigenvalue weighted by molar-refractivity contribution is 4.98. The maximum absolute atomic E-state index is 2.55. The summed E-state index contributed by atoms with van der Waals surface area (Å²) >= 11 is 0. The largest absolute Gasteiger partial charge is 0.0651 e. The first-order valence-corrected chi connectivity index (χ1v) is 5.27. The second-order valence-corrected chi connectivity index (χ2v) is 4.78. The lowest BCUT2D eigenvalue weighted by molar-refractivity contribution is 0.184. The lowest BCUT2D eigenvalue weighted by Gasteiger charge is -2.31. The maximum Gasteiger partial charge on any atom is -0.0269 e. The summed E-state index contributed by atoms with van der Waals surface area (Å²) < 4.78 is 0. The van der Waals surface area contributed by atoms with Crippen LogP contribution in [0, 0.1) is 17.3 Å². The van der Waals surface area contributed by atoms with Crippen molar-refractivity contribution in [2.45, 2.75) is 52.4 Å². The van der Waals surface area contributed by atoms with E-state index in [4.69, 9.17) is 0 Å². The molecular formula is C11H20. The molecule has 0 N–H and O–H groups in total. The second-order valence-electron chi connectivity index (χ2n) is 4.78. The molecule has 2 unspecified atom stereocenters. The molecule has 2 atom stereocenters. The molecule has 2 saturated carbocycles. The van der Waals surface area contributed by atoms with Crippen molar-refractivity contribution in [2.75, 3.05) is 0 Å². The first kappa shape index (κ1) is 7.64. The van der Waals surface area contributed by atoms with Gasteiger partial charge in [0.05, 0.1) is 0 Å². The van der Waals surface area contributed by atoms with Crippen molar-refractivity contribution >= 4 is 0 Å². The number of hydrogen-bond acceptors (Lipinski definition) is 0. The highest BCUT2D eigenvalue weighted by Gasteiger charge is 2.47. The zero-order valence-corrected chi connectivity index (χ0v) is 7.90. The standard InChI is InChI=1S/C11H20/c1-3-9-5-4-8-11(9,2)10-6-7-10/h9-10H,3-8H2,1-2H3. The molecule has 0 aromatic carbocycles. The van der Waals surface area contributed by atoms with Crippen molar-refractivity contribution in [1.82, 2.24) is 0 Å². The van der Waals surface area contributed by atoms with E-state index in [0.29, 0.717) is 0 Å². The third-order valence-electron chi connectivity index (χ3n) is 4.20. The van der Waals surface area contributed by atoms with Gasteiger partial charge in [-0.1, -0.05) is 26.7 Å². The van der Waals surface area contributed by atoms with Crippen LogP contribution in [0.2, 0.25) is 0 Å². The van der Waals surface area contributed by atoms with Crippen LogP contribution < -0.4 is 0 Å². The van der Waals surface area contributed by atoms with Gasteiger partial charge >= 0.3 is 0 Å². The van der Waals surface area contributed by atoms with Gasteiger partial charge in [-0.25, -0.2) is 0 Å². The molecule has 2 fully saturated rings. The van der Waals surface area contributed by atoms with Crippen molar-refractivity contribution in [2.24, 2.45) is 17.3 Å². The monoisotopic (exact) mass is 152 g/mol. The number of hydrogen-bond donors (Lipinski definition) is 0. The molecule has 0 bridgehead atoms. The summed E-state index contributed by atoms with van der Waals surface area (Å²) in [6, 6.07) is 0. The van der Waals surface area contributed by atoms with E-state index in [1.54, 1.807) is 0 Å². The summed E-state index contributed by atoms with van der Waals surface area (Å²) in [5.74, 6) is 2.19. The van der Waals surface area contributed by atoms with E-state index >= 15 is 0 Å². The van der Waals surface area contributed by atoms with Crippen LogP contribution in [0.15, 0.2) is 0 Å². The van der Waals surface area contributed by atoms with Crippen LogP contribution in [-0.4, -0.2) is 0 Å². The Morgan fingerprint density at radius 2 is 2.00 bits per heavy atom. The van der Waals surface area contributed by atoms with Crippen LogP contribution in [0.4, 0.5) is 0 Å². The van der Waals surface area contributed by atoms with Gasteiger partial charge in [0.15, 0.2) is 0 Å². The normalized spacial score (nSPS) is 44.7. The van der Waals surface area contributed by atoms with Gasteiger partial charge in [-0.05, 0) is 42.9 Å². The lowest BCUT2D eigenvalue weighted by atomic mass is 9.74. The molecule has 0 heteroatoms. The molecule has 64 valence electrons. The first-order chi connectivity index (χ1) is 5.27. The molecule has 2 aliphatic carbocycles. The van der Waals surface area contributed by atoms with E-state index in [2.05, 4.69) is 13.8 Å². The molecular weight excluding hydrogens is 132 g/mol. The van der Waals surface area contributed by atoms with Gasteiger partial charge in [0, 0.05) is 0 Å². The predicted octanol–water partition coefficient (Wildman–Crippen LogP) is 3.61. The Bertz CT molecular complexity index is 146. The van der Waals surface area contributed by atoms with Gasteiger partial charge in [0.2, 0.25) is 0 Å². The van der Waals surface area contributed by atoms with E-state index in [1.807, 2.05) is 0 Å². The van der Waals surface area contributed by atoms with E-state index < -0.39 is 0 Å². The zero-order chi connectivity index (χ0) is 7.90. The third-order valence-corrected chi connectivity index (χ3v) is 4.20. The van der Waals surface area contributed by atoms with E-state index in [9.17, 15) is 0 Å². The fourth-order valence-electron chi connectivity index (χ4n) is 3.21. The summed E-state index contributed by atoms with van der Waals surface area (Å²) in [5.41, 5.74) is 0.773. The Balaban J connectivity index is 2.08. The molecule has 0 aliphatic heterocycles. The summed E-state index contributed by atoms with van der Waals surface area (Å²) in [6.07, 6.45) is 9.04. The van der Waals surface area contributed by atoms with E-state index in [1.165, 1.54) is 38.5 Å². The van der Waals surface area contributed by atoms with Crippen molar-refractivity contribution in [3.05, 3.63) is 0 Å². The van der Waals surface area contributed by atoms with Crippen molar-refractivity contribution in [3.8, 4) is 0 Å². The Morgan fingerprint density at radius 3 is 2.55 bits per heavy atom. The van der Waals surface area contributed by atoms with Gasteiger partial charge in [-0.3, -0.25) is 0 Å². The molecule has 0 radical (unpaired) electrons. The summed E-state index contributed by atoms with van der Waals surface area (Å²) in [4.78, 5) is 0. The van der Waals surface area contributed by atoms with E-state index in [-0.39, 0.29) is 0 Å². The lowest BCUT2D eigenvalue weighted by Crippen LogP contribution is -2.23. The van der Waals surface area contributed by atoms with Gasteiger partial charge in [-0.15, -0.1) is 0 Å². The van der Waals surface area contributed by atoms with Crippen LogP contribution >= 0.6 is 0 Å². The Morgan fingerprint density at radius 1 is 1.27 bits per heavy atom. The molecule has 0 spiro atoms. The maximum atomic E-state index is 2.55. The SMILES string of the molecule is CCC1CCCC1(C)C1CC1. The van der Waals surface area contributed by atoms with E-state index in [0.717, 1.165) is 17.3 Å². The third kappa shape index (κ3) is 1.11. The van der Waals surface area contributed by atoms with Gasteiger partial charge in [0.1, 0.15) is 0 Å². The van der Waals surface area contributed by atoms with Gasteiger partial charge < -0.3 is 0 Å². The van der Waals surface area contributed by atoms with Crippen LogP contribution in [0.3, 0.4) is 0 Å². The molecule has 0 saturated heterocycles. The quantitative estimate of drug-likeness (QED) is 0.567. The van der Waals surface area contributed by atoms with Crippen LogP contribution in [0.5, 0.6) is 0 Å². The van der Waals surface area contributed by atoms with Crippen LogP contribution in [0.1, 0.15) is 52.4 Å². The highest BCUT2D eigenvalue weighted by Crippen LogP contribution is 2.58. The Labute approximate surface area is 70.4 Å². The van der Waals surface area contributed by atoms with Crippen LogP contribution in [-0.2, 0) is 0 Å². The minimum Gasteiger partial charge on any atom is -0.0651 e. The fraction of sp³-hybridized carbons (Fsp3) is 1.00. The van der Waals surface area contributed by atoms with Crippen molar-refractivity contribution < 1.29 is 0 Å².